The van der Waals surface area contributed by atoms with Gasteiger partial charge in [-0.1, -0.05) is 43.3 Å². The van der Waals surface area contributed by atoms with E-state index in [0.29, 0.717) is 16.8 Å². The maximum atomic E-state index is 13.1. The highest BCUT2D eigenvalue weighted by atomic mass is 16.6. The molecule has 3 aromatic carbocycles. The van der Waals surface area contributed by atoms with Crippen molar-refractivity contribution in [3.63, 3.8) is 0 Å². The van der Waals surface area contributed by atoms with E-state index < -0.39 is 22.8 Å². The number of nitro groups is 1. The predicted octanol–water partition coefficient (Wildman–Crippen LogP) is 4.72. The number of carbonyl (C=O) groups excluding carboxylic acids is 3. The van der Waals surface area contributed by atoms with Crippen molar-refractivity contribution in [3.8, 4) is 0 Å². The van der Waals surface area contributed by atoms with E-state index >= 15 is 0 Å². The van der Waals surface area contributed by atoms with E-state index in [1.54, 1.807) is 49.4 Å². The molecule has 0 heterocycles. The molecule has 1 atom stereocenters. The molecule has 0 aliphatic rings. The van der Waals surface area contributed by atoms with Crippen molar-refractivity contribution >= 4 is 29.0 Å². The van der Waals surface area contributed by atoms with Gasteiger partial charge in [0.2, 0.25) is 11.7 Å². The van der Waals surface area contributed by atoms with Gasteiger partial charge in [0.05, 0.1) is 10.5 Å². The normalized spacial score (nSPS) is 11.3. The molecule has 0 aromatic heterocycles. The molecule has 32 heavy (non-hydrogen) atoms. The fraction of sp³-hybridized carbons (Fsp3) is 0.125. The van der Waals surface area contributed by atoms with Crippen LogP contribution in [-0.4, -0.2) is 22.6 Å². The Morgan fingerprint density at radius 1 is 0.938 bits per heavy atom. The smallest absolute Gasteiger partial charge is 0.339 e. The minimum atomic E-state index is -1.31. The lowest BCUT2D eigenvalue weighted by Crippen LogP contribution is -2.20. The second-order valence-electron chi connectivity index (χ2n) is 6.85. The van der Waals surface area contributed by atoms with E-state index in [-0.39, 0.29) is 23.6 Å². The Kier molecular flexibility index (Phi) is 7.07. The number of non-ortho nitro benzene ring substituents is 1. The highest BCUT2D eigenvalue weighted by molar-refractivity contribution is 6.02. The van der Waals surface area contributed by atoms with Crippen LogP contribution < -0.4 is 5.32 Å². The number of nitrogens with zero attached hydrogens (tertiary/aromatic N) is 1. The van der Waals surface area contributed by atoms with Crippen LogP contribution in [0, 0.1) is 10.1 Å². The molecule has 0 bridgehead atoms. The number of Topliss-reactive ketones (excluding diaryl/α,β-unsaturated/α-hetero) is 1. The van der Waals surface area contributed by atoms with Crippen LogP contribution in [0.25, 0.3) is 0 Å². The summed E-state index contributed by atoms with van der Waals surface area (Å²) in [7, 11) is 0. The number of benzene rings is 3. The largest absolute Gasteiger partial charge is 0.445 e. The van der Waals surface area contributed by atoms with Gasteiger partial charge in [-0.2, -0.15) is 0 Å². The molecule has 0 radical (unpaired) electrons. The fourth-order valence-electron chi connectivity index (χ4n) is 2.95. The number of hydrogen-bond donors (Lipinski definition) is 1. The number of nitrogens with one attached hydrogen (secondary N) is 1. The third-order valence-electron chi connectivity index (χ3n) is 4.63. The molecular formula is C24H20N2O6. The number of anilines is 1. The molecule has 0 aliphatic heterocycles. The third-order valence-corrected chi connectivity index (χ3v) is 4.63. The van der Waals surface area contributed by atoms with E-state index in [4.69, 9.17) is 4.74 Å². The first kappa shape index (κ1) is 22.4. The molecule has 8 nitrogen and oxygen atoms in total. The minimum absolute atomic E-state index is 0.145. The summed E-state index contributed by atoms with van der Waals surface area (Å²) in [6, 6.07) is 19.7. The number of esters is 1. The zero-order valence-electron chi connectivity index (χ0n) is 17.2. The molecule has 0 fully saturated rings. The Bertz CT molecular complexity index is 1140. The lowest BCUT2D eigenvalue weighted by Gasteiger charge is -2.18. The average molecular weight is 432 g/mol. The maximum absolute atomic E-state index is 13.1. The first-order valence-electron chi connectivity index (χ1n) is 9.83. The van der Waals surface area contributed by atoms with Crippen LogP contribution in [0.2, 0.25) is 0 Å². The van der Waals surface area contributed by atoms with Gasteiger partial charge >= 0.3 is 5.97 Å². The molecule has 0 spiro atoms. The van der Waals surface area contributed by atoms with Crippen LogP contribution >= 0.6 is 0 Å². The molecule has 0 saturated heterocycles. The van der Waals surface area contributed by atoms with Gasteiger partial charge in [-0.3, -0.25) is 19.7 Å². The van der Waals surface area contributed by atoms with Crippen molar-refractivity contribution in [2.75, 3.05) is 5.32 Å². The minimum Gasteiger partial charge on any atom is -0.445 e. The van der Waals surface area contributed by atoms with Crippen LogP contribution in [-0.2, 0) is 9.53 Å². The first-order valence-corrected chi connectivity index (χ1v) is 9.83. The van der Waals surface area contributed by atoms with Gasteiger partial charge < -0.3 is 10.1 Å². The van der Waals surface area contributed by atoms with E-state index in [2.05, 4.69) is 5.32 Å². The van der Waals surface area contributed by atoms with Crippen LogP contribution in [0.15, 0.2) is 78.9 Å². The highest BCUT2D eigenvalue weighted by Crippen LogP contribution is 2.26. The van der Waals surface area contributed by atoms with Crippen LogP contribution in [0.4, 0.5) is 11.4 Å². The van der Waals surface area contributed by atoms with Gasteiger partial charge in [0.25, 0.3) is 5.69 Å². The Labute approximate surface area is 184 Å². The monoisotopic (exact) mass is 432 g/mol. The molecule has 8 heteroatoms. The van der Waals surface area contributed by atoms with Gasteiger partial charge in [0.15, 0.2) is 6.10 Å². The van der Waals surface area contributed by atoms with Crippen molar-refractivity contribution in [1.29, 1.82) is 0 Å². The molecule has 0 saturated carbocycles. The molecule has 3 aromatic rings. The van der Waals surface area contributed by atoms with Crippen LogP contribution in [0.5, 0.6) is 0 Å². The number of hydrogen-bond acceptors (Lipinski definition) is 6. The van der Waals surface area contributed by atoms with Crippen molar-refractivity contribution in [2.45, 2.75) is 19.4 Å². The van der Waals surface area contributed by atoms with Crippen molar-refractivity contribution < 1.29 is 24.0 Å². The zero-order chi connectivity index (χ0) is 23.1. The SMILES string of the molecule is CCC(=O)Nc1cccc(C(=O)O[C@H](C(=O)c2ccccc2)c2ccc([N+](=O)[O-])cc2)c1. The number of amides is 1. The van der Waals surface area contributed by atoms with Crippen molar-refractivity contribution in [3.05, 3.63) is 106 Å². The van der Waals surface area contributed by atoms with Gasteiger partial charge in [-0.05, 0) is 30.3 Å². The highest BCUT2D eigenvalue weighted by Gasteiger charge is 2.27. The molecular weight excluding hydrogens is 412 g/mol. The first-order chi connectivity index (χ1) is 15.4. The molecule has 3 rings (SSSR count). The predicted molar refractivity (Wildman–Crippen MR) is 117 cm³/mol. The number of rotatable bonds is 8. The van der Waals surface area contributed by atoms with Crippen LogP contribution in [0.3, 0.4) is 0 Å². The van der Waals surface area contributed by atoms with Gasteiger partial charge in [-0.15, -0.1) is 0 Å². The average Bonchev–Trinajstić information content (AvgIpc) is 2.82. The summed E-state index contributed by atoms with van der Waals surface area (Å²) in [5.74, 6) is -1.45. The maximum Gasteiger partial charge on any atom is 0.339 e. The Hall–Kier alpha value is -4.33. The topological polar surface area (TPSA) is 116 Å². The summed E-state index contributed by atoms with van der Waals surface area (Å²) in [5.41, 5.74) is 1.05. The van der Waals surface area contributed by atoms with Crippen molar-refractivity contribution in [2.24, 2.45) is 0 Å². The third kappa shape index (κ3) is 5.42. The summed E-state index contributed by atoms with van der Waals surface area (Å²) in [6.45, 7) is 1.71. The molecule has 0 aliphatic carbocycles. The number of ketones is 1. The zero-order valence-corrected chi connectivity index (χ0v) is 17.2. The molecule has 0 unspecified atom stereocenters. The Morgan fingerprint density at radius 2 is 1.59 bits per heavy atom. The number of carbonyl (C=O) groups is 3. The molecule has 162 valence electrons. The van der Waals surface area contributed by atoms with Gasteiger partial charge in [-0.25, -0.2) is 4.79 Å². The van der Waals surface area contributed by atoms with Crippen molar-refractivity contribution in [1.82, 2.24) is 0 Å². The Balaban J connectivity index is 1.91. The molecule has 1 amide bonds. The number of nitro benzene ring substituents is 1. The summed E-state index contributed by atoms with van der Waals surface area (Å²) in [4.78, 5) is 48.0. The van der Waals surface area contributed by atoms with Gasteiger partial charge in [0, 0.05) is 35.4 Å². The summed E-state index contributed by atoms with van der Waals surface area (Å²) < 4.78 is 5.55. The van der Waals surface area contributed by atoms with Gasteiger partial charge in [0.1, 0.15) is 0 Å². The second kappa shape index (κ2) is 10.1. The summed E-state index contributed by atoms with van der Waals surface area (Å²) in [6.07, 6.45) is -1.03. The summed E-state index contributed by atoms with van der Waals surface area (Å²) >= 11 is 0. The van der Waals surface area contributed by atoms with E-state index in [1.165, 1.54) is 36.4 Å². The fourth-order valence-corrected chi connectivity index (χ4v) is 2.95. The number of ether oxygens (including phenoxy) is 1. The lowest BCUT2D eigenvalue weighted by atomic mass is 9.99. The Morgan fingerprint density at radius 3 is 2.22 bits per heavy atom. The van der Waals surface area contributed by atoms with E-state index in [1.807, 2.05) is 0 Å². The quantitative estimate of drug-likeness (QED) is 0.238. The molecule has 1 N–H and O–H groups in total. The van der Waals surface area contributed by atoms with E-state index in [0.717, 1.165) is 0 Å². The summed E-state index contributed by atoms with van der Waals surface area (Å²) in [5, 5.41) is 13.6. The van der Waals surface area contributed by atoms with E-state index in [9.17, 15) is 24.5 Å². The standard InChI is InChI=1S/C24H20N2O6/c1-2-21(27)25-19-10-6-9-18(15-19)24(29)32-23(22(28)16-7-4-3-5-8-16)17-11-13-20(14-12-17)26(30)31/h3-15,23H,2H2,1H3,(H,25,27)/t23-/m0/s1. The second-order valence-corrected chi connectivity index (χ2v) is 6.85. The lowest BCUT2D eigenvalue weighted by molar-refractivity contribution is -0.384. The van der Waals surface area contributed by atoms with Crippen LogP contribution in [0.1, 0.15) is 45.7 Å².